The molecule has 110 valence electrons. The summed E-state index contributed by atoms with van der Waals surface area (Å²) >= 11 is 4.58. The van der Waals surface area contributed by atoms with Crippen molar-refractivity contribution in [1.29, 1.82) is 0 Å². The molecule has 0 spiro atoms. The van der Waals surface area contributed by atoms with Crippen LogP contribution < -0.4 is 5.32 Å². The quantitative estimate of drug-likeness (QED) is 0.707. The number of benzene rings is 1. The van der Waals surface area contributed by atoms with Gasteiger partial charge in [-0.25, -0.2) is 0 Å². The van der Waals surface area contributed by atoms with E-state index >= 15 is 0 Å². The predicted octanol–water partition coefficient (Wildman–Crippen LogP) is 2.62. The third-order valence-electron chi connectivity index (χ3n) is 4.12. The molecule has 1 heterocycles. The van der Waals surface area contributed by atoms with E-state index in [-0.39, 0.29) is 11.2 Å². The van der Waals surface area contributed by atoms with E-state index in [0.717, 1.165) is 37.9 Å². The van der Waals surface area contributed by atoms with E-state index in [4.69, 9.17) is 0 Å². The van der Waals surface area contributed by atoms with Crippen molar-refractivity contribution in [3.05, 3.63) is 35.9 Å². The summed E-state index contributed by atoms with van der Waals surface area (Å²) < 4.78 is 0. The molecule has 1 aliphatic heterocycles. The Morgan fingerprint density at radius 1 is 1.30 bits per heavy atom. The summed E-state index contributed by atoms with van der Waals surface area (Å²) in [6.45, 7) is 2.01. The van der Waals surface area contributed by atoms with E-state index in [1.54, 1.807) is 0 Å². The Morgan fingerprint density at radius 2 is 1.95 bits per heavy atom. The summed E-state index contributed by atoms with van der Waals surface area (Å²) in [4.78, 5) is 11.5. The first-order chi connectivity index (χ1) is 9.66. The number of piperidine rings is 1. The first kappa shape index (κ1) is 15.4. The molecule has 0 saturated carbocycles. The van der Waals surface area contributed by atoms with Gasteiger partial charge in [0.1, 0.15) is 0 Å². The number of carboxylic acid groups (broad SMARTS) is 1. The number of carbonyl (C=O) groups is 1. The Bertz CT molecular complexity index is 418. The predicted molar refractivity (Wildman–Crippen MR) is 84.3 cm³/mol. The van der Waals surface area contributed by atoms with Crippen LogP contribution in [0.5, 0.6) is 0 Å². The first-order valence-electron chi connectivity index (χ1n) is 7.32. The molecular weight excluding hydrogens is 270 g/mol. The van der Waals surface area contributed by atoms with Gasteiger partial charge in [-0.3, -0.25) is 4.79 Å². The Kier molecular flexibility index (Phi) is 5.92. The van der Waals surface area contributed by atoms with Crippen LogP contribution in [0, 0.1) is 11.8 Å². The van der Waals surface area contributed by atoms with Crippen molar-refractivity contribution < 1.29 is 9.90 Å². The summed E-state index contributed by atoms with van der Waals surface area (Å²) in [7, 11) is 0. The minimum atomic E-state index is -0.709. The second kappa shape index (κ2) is 7.70. The van der Waals surface area contributed by atoms with Gasteiger partial charge in [0.2, 0.25) is 0 Å². The zero-order valence-corrected chi connectivity index (χ0v) is 12.6. The van der Waals surface area contributed by atoms with Gasteiger partial charge in [-0.2, -0.15) is 12.6 Å². The van der Waals surface area contributed by atoms with Crippen LogP contribution in [0.15, 0.2) is 30.3 Å². The molecular formula is C16H23NO2S. The van der Waals surface area contributed by atoms with E-state index in [2.05, 4.69) is 17.9 Å². The molecule has 0 amide bonds. The number of aliphatic carboxylic acids is 1. The minimum Gasteiger partial charge on any atom is -0.481 e. The molecule has 0 aromatic heterocycles. The molecule has 1 aliphatic rings. The van der Waals surface area contributed by atoms with Gasteiger partial charge in [0, 0.05) is 5.25 Å². The SMILES string of the molecule is O=C(O)C(CC1CCNCC1)C(S)Cc1ccccc1. The molecule has 0 bridgehead atoms. The van der Waals surface area contributed by atoms with E-state index < -0.39 is 5.97 Å². The molecule has 2 unspecified atom stereocenters. The van der Waals surface area contributed by atoms with Crippen molar-refractivity contribution in [3.8, 4) is 0 Å². The molecule has 3 nitrogen and oxygen atoms in total. The summed E-state index contributed by atoms with van der Waals surface area (Å²) in [5.41, 5.74) is 1.16. The summed E-state index contributed by atoms with van der Waals surface area (Å²) in [6, 6.07) is 10.0. The molecule has 1 fully saturated rings. The number of carboxylic acids is 1. The van der Waals surface area contributed by atoms with E-state index in [0.29, 0.717) is 12.3 Å². The van der Waals surface area contributed by atoms with Gasteiger partial charge in [-0.1, -0.05) is 30.3 Å². The summed E-state index contributed by atoms with van der Waals surface area (Å²) in [5.74, 6) is -0.552. The van der Waals surface area contributed by atoms with Crippen LogP contribution in [-0.2, 0) is 11.2 Å². The third-order valence-corrected chi connectivity index (χ3v) is 4.66. The lowest BCUT2D eigenvalue weighted by atomic mass is 9.84. The van der Waals surface area contributed by atoms with Crippen molar-refractivity contribution >= 4 is 18.6 Å². The van der Waals surface area contributed by atoms with Crippen LogP contribution in [-0.4, -0.2) is 29.4 Å². The highest BCUT2D eigenvalue weighted by Gasteiger charge is 2.29. The molecule has 1 aromatic rings. The Labute approximate surface area is 126 Å². The lowest BCUT2D eigenvalue weighted by Crippen LogP contribution is -2.33. The number of thiol groups is 1. The molecule has 4 heteroatoms. The van der Waals surface area contributed by atoms with Gasteiger partial charge >= 0.3 is 5.97 Å². The molecule has 1 saturated heterocycles. The molecule has 2 rings (SSSR count). The molecule has 0 aliphatic carbocycles. The number of nitrogens with one attached hydrogen (secondary N) is 1. The largest absolute Gasteiger partial charge is 0.481 e. The molecule has 2 N–H and O–H groups in total. The standard InChI is InChI=1S/C16H23NO2S/c18-16(19)14(10-13-6-8-17-9-7-13)15(20)11-12-4-2-1-3-5-12/h1-5,13-15,17,20H,6-11H2,(H,18,19). The molecule has 20 heavy (non-hydrogen) atoms. The van der Waals surface area contributed by atoms with Crippen LogP contribution in [0.4, 0.5) is 0 Å². The maximum atomic E-state index is 11.5. The van der Waals surface area contributed by atoms with Crippen LogP contribution >= 0.6 is 12.6 Å². The smallest absolute Gasteiger partial charge is 0.307 e. The zero-order chi connectivity index (χ0) is 14.4. The van der Waals surface area contributed by atoms with Gasteiger partial charge in [0.15, 0.2) is 0 Å². The average Bonchev–Trinajstić information content (AvgIpc) is 2.46. The van der Waals surface area contributed by atoms with E-state index in [9.17, 15) is 9.90 Å². The normalized spacial score (nSPS) is 19.4. The fraction of sp³-hybridized carbons (Fsp3) is 0.562. The van der Waals surface area contributed by atoms with Crippen LogP contribution in [0.2, 0.25) is 0 Å². The second-order valence-corrected chi connectivity index (χ2v) is 6.29. The lowest BCUT2D eigenvalue weighted by molar-refractivity contribution is -0.142. The highest BCUT2D eigenvalue weighted by Crippen LogP contribution is 2.27. The minimum absolute atomic E-state index is 0.121. The monoisotopic (exact) mass is 293 g/mol. The fourth-order valence-corrected chi connectivity index (χ4v) is 3.36. The molecule has 0 radical (unpaired) electrons. The van der Waals surface area contributed by atoms with Gasteiger partial charge in [0.05, 0.1) is 5.92 Å². The van der Waals surface area contributed by atoms with E-state index in [1.807, 2.05) is 30.3 Å². The van der Waals surface area contributed by atoms with Crippen molar-refractivity contribution in [2.75, 3.05) is 13.1 Å². The van der Waals surface area contributed by atoms with Crippen LogP contribution in [0.3, 0.4) is 0 Å². The Hall–Kier alpha value is -1.00. The number of rotatable bonds is 6. The van der Waals surface area contributed by atoms with Gasteiger partial charge in [-0.05, 0) is 50.3 Å². The Balaban J connectivity index is 1.94. The van der Waals surface area contributed by atoms with Crippen LogP contribution in [0.1, 0.15) is 24.8 Å². The molecule has 2 atom stereocenters. The summed E-state index contributed by atoms with van der Waals surface area (Å²) in [6.07, 6.45) is 3.62. The summed E-state index contributed by atoms with van der Waals surface area (Å²) in [5, 5.41) is 12.7. The Morgan fingerprint density at radius 3 is 2.55 bits per heavy atom. The maximum absolute atomic E-state index is 11.5. The fourth-order valence-electron chi connectivity index (χ4n) is 2.90. The van der Waals surface area contributed by atoms with Crippen molar-refractivity contribution in [2.45, 2.75) is 30.9 Å². The number of hydrogen-bond acceptors (Lipinski definition) is 3. The first-order valence-corrected chi connectivity index (χ1v) is 7.84. The third kappa shape index (κ3) is 4.53. The van der Waals surface area contributed by atoms with Crippen molar-refractivity contribution in [3.63, 3.8) is 0 Å². The highest BCUT2D eigenvalue weighted by molar-refractivity contribution is 7.81. The number of hydrogen-bond donors (Lipinski definition) is 3. The highest BCUT2D eigenvalue weighted by atomic mass is 32.1. The van der Waals surface area contributed by atoms with Crippen LogP contribution in [0.25, 0.3) is 0 Å². The van der Waals surface area contributed by atoms with Gasteiger partial charge in [-0.15, -0.1) is 0 Å². The van der Waals surface area contributed by atoms with Gasteiger partial charge < -0.3 is 10.4 Å². The van der Waals surface area contributed by atoms with Crippen molar-refractivity contribution in [1.82, 2.24) is 5.32 Å². The molecule has 1 aromatic carbocycles. The zero-order valence-electron chi connectivity index (χ0n) is 11.7. The van der Waals surface area contributed by atoms with E-state index in [1.165, 1.54) is 0 Å². The lowest BCUT2D eigenvalue weighted by Gasteiger charge is -2.27. The van der Waals surface area contributed by atoms with Crippen molar-refractivity contribution in [2.24, 2.45) is 11.8 Å². The van der Waals surface area contributed by atoms with Gasteiger partial charge in [0.25, 0.3) is 0 Å². The topological polar surface area (TPSA) is 49.3 Å². The average molecular weight is 293 g/mol. The second-order valence-electron chi connectivity index (χ2n) is 5.63. The maximum Gasteiger partial charge on any atom is 0.307 e.